The molecule has 1 radical (unpaired) electrons. The predicted molar refractivity (Wildman–Crippen MR) is 33.5 cm³/mol. The fourth-order valence-corrected chi connectivity index (χ4v) is 1.66. The summed E-state index contributed by atoms with van der Waals surface area (Å²) in [4.78, 5) is 9.73. The maximum absolute atomic E-state index is 9.73. The Morgan fingerprint density at radius 2 is 2.44 bits per heavy atom. The van der Waals surface area contributed by atoms with Crippen LogP contribution in [0.3, 0.4) is 0 Å². The number of hydrogen-bond acceptors (Lipinski definition) is 1. The van der Waals surface area contributed by atoms with Crippen molar-refractivity contribution in [3.05, 3.63) is 0 Å². The lowest BCUT2D eigenvalue weighted by Crippen LogP contribution is -2.14. The summed E-state index contributed by atoms with van der Waals surface area (Å²) < 4.78 is 0. The Morgan fingerprint density at radius 3 is 2.89 bits per heavy atom. The molecule has 2 heteroatoms. The van der Waals surface area contributed by atoms with E-state index in [0.29, 0.717) is 0 Å². The Labute approximate surface area is 54.6 Å². The van der Waals surface area contributed by atoms with Crippen LogP contribution < -0.4 is 5.32 Å². The molecule has 0 bridgehead atoms. The molecule has 0 aromatic carbocycles. The van der Waals surface area contributed by atoms with E-state index >= 15 is 0 Å². The first kappa shape index (κ1) is 5.27. The predicted octanol–water partition coefficient (Wildman–Crippen LogP) is 0.443. The topological polar surface area (TPSA) is 29.1 Å². The third-order valence-corrected chi connectivity index (χ3v) is 2.67. The van der Waals surface area contributed by atoms with Gasteiger partial charge in [-0.15, -0.1) is 0 Å². The first-order valence-electron chi connectivity index (χ1n) is 3.47. The first-order chi connectivity index (χ1) is 4.37. The summed E-state index contributed by atoms with van der Waals surface area (Å²) in [7, 11) is 0. The molecule has 2 aliphatic rings. The van der Waals surface area contributed by atoms with Crippen LogP contribution in [0.4, 0.5) is 0 Å². The zero-order chi connectivity index (χ0) is 6.32. The van der Waals surface area contributed by atoms with Gasteiger partial charge in [0.25, 0.3) is 0 Å². The van der Waals surface area contributed by atoms with E-state index < -0.39 is 0 Å². The lowest BCUT2D eigenvalue weighted by Gasteiger charge is -1.91. The van der Waals surface area contributed by atoms with E-state index in [-0.39, 0.29) is 0 Å². The quantitative estimate of drug-likeness (QED) is 0.543. The van der Waals surface area contributed by atoms with Crippen LogP contribution in [0.1, 0.15) is 19.3 Å². The molecule has 0 aromatic rings. The maximum Gasteiger partial charge on any atom is 0.309 e. The minimum Gasteiger partial charge on any atom is -0.348 e. The molecule has 0 saturated heterocycles. The Balaban J connectivity index is 1.72. The summed E-state index contributed by atoms with van der Waals surface area (Å²) in [6, 6.07) is 0. The molecule has 1 N–H and O–H groups in total. The standard InChI is InChI=1S/C7H10NO/c9-5-8-4-6-3-7(6)1-2-7/h6H,1-4H2,(H,8,9). The Kier molecular flexibility index (Phi) is 0.875. The third kappa shape index (κ3) is 0.732. The highest BCUT2D eigenvalue weighted by atomic mass is 16.1. The highest BCUT2D eigenvalue weighted by Crippen LogP contribution is 2.70. The molecule has 1 atom stereocenters. The van der Waals surface area contributed by atoms with Gasteiger partial charge in [0, 0.05) is 6.54 Å². The van der Waals surface area contributed by atoms with Gasteiger partial charge in [0.05, 0.1) is 0 Å². The SMILES string of the molecule is O=[C]NCC1CC12CC2. The molecule has 1 spiro atoms. The number of carbonyl (C=O) groups excluding carboxylic acids is 1. The largest absolute Gasteiger partial charge is 0.348 e. The smallest absolute Gasteiger partial charge is 0.309 e. The molecule has 1 unspecified atom stereocenters. The Morgan fingerprint density at radius 1 is 1.67 bits per heavy atom. The van der Waals surface area contributed by atoms with Gasteiger partial charge in [-0.25, -0.2) is 0 Å². The zero-order valence-electron chi connectivity index (χ0n) is 5.31. The van der Waals surface area contributed by atoms with Crippen LogP contribution in [0.5, 0.6) is 0 Å². The van der Waals surface area contributed by atoms with E-state index in [1.165, 1.54) is 19.3 Å². The van der Waals surface area contributed by atoms with Crippen molar-refractivity contribution in [2.45, 2.75) is 19.3 Å². The second-order valence-electron chi connectivity index (χ2n) is 3.25. The molecule has 0 aliphatic heterocycles. The summed E-state index contributed by atoms with van der Waals surface area (Å²) in [5, 5.41) is 2.60. The molecular weight excluding hydrogens is 114 g/mol. The Bertz CT molecular complexity index is 140. The van der Waals surface area contributed by atoms with E-state index in [4.69, 9.17) is 0 Å². The lowest BCUT2D eigenvalue weighted by atomic mass is 10.3. The third-order valence-electron chi connectivity index (χ3n) is 2.67. The van der Waals surface area contributed by atoms with Crippen LogP contribution in [0.15, 0.2) is 0 Å². The minimum absolute atomic E-state index is 0.726. The van der Waals surface area contributed by atoms with Crippen LogP contribution >= 0.6 is 0 Å². The van der Waals surface area contributed by atoms with Gasteiger partial charge in [-0.1, -0.05) is 0 Å². The molecule has 9 heavy (non-hydrogen) atoms. The van der Waals surface area contributed by atoms with E-state index in [0.717, 1.165) is 17.9 Å². The molecule has 0 aromatic heterocycles. The van der Waals surface area contributed by atoms with Crippen LogP contribution in [0.25, 0.3) is 0 Å². The molecule has 1 amide bonds. The molecule has 2 fully saturated rings. The highest BCUT2D eigenvalue weighted by Gasteiger charge is 2.61. The van der Waals surface area contributed by atoms with Crippen molar-refractivity contribution in [1.29, 1.82) is 0 Å². The molecular formula is C7H10NO. The van der Waals surface area contributed by atoms with Crippen LogP contribution in [0.2, 0.25) is 0 Å². The normalized spacial score (nSPS) is 34.0. The van der Waals surface area contributed by atoms with Crippen LogP contribution in [-0.4, -0.2) is 13.0 Å². The van der Waals surface area contributed by atoms with Gasteiger partial charge in [0.1, 0.15) is 0 Å². The molecule has 2 saturated carbocycles. The van der Waals surface area contributed by atoms with Crippen LogP contribution in [0, 0.1) is 11.3 Å². The van der Waals surface area contributed by atoms with Crippen molar-refractivity contribution in [1.82, 2.24) is 5.32 Å². The van der Waals surface area contributed by atoms with Gasteiger partial charge >= 0.3 is 6.41 Å². The molecule has 0 heterocycles. The van der Waals surface area contributed by atoms with E-state index in [1.807, 2.05) is 0 Å². The summed E-state index contributed by atoms with van der Waals surface area (Å²) in [6.45, 7) is 0.865. The average Bonchev–Trinajstić information content (AvgIpc) is 2.72. The maximum atomic E-state index is 9.73. The van der Waals surface area contributed by atoms with Crippen molar-refractivity contribution in [3.63, 3.8) is 0 Å². The van der Waals surface area contributed by atoms with Gasteiger partial charge in [0.15, 0.2) is 0 Å². The molecule has 2 rings (SSSR count). The minimum atomic E-state index is 0.726. The fraction of sp³-hybridized carbons (Fsp3) is 0.857. The summed E-state index contributed by atoms with van der Waals surface area (Å²) in [5.74, 6) is 0.805. The number of nitrogens with one attached hydrogen (secondary N) is 1. The summed E-state index contributed by atoms with van der Waals surface area (Å²) in [6.07, 6.45) is 5.86. The number of hydrogen-bond donors (Lipinski definition) is 1. The highest BCUT2D eigenvalue weighted by molar-refractivity contribution is 5.47. The molecule has 2 nitrogen and oxygen atoms in total. The lowest BCUT2D eigenvalue weighted by molar-refractivity contribution is 0.535. The first-order valence-corrected chi connectivity index (χ1v) is 3.47. The van der Waals surface area contributed by atoms with Gasteiger partial charge in [0.2, 0.25) is 0 Å². The fourth-order valence-electron chi connectivity index (χ4n) is 1.66. The van der Waals surface area contributed by atoms with Crippen molar-refractivity contribution in [2.24, 2.45) is 11.3 Å². The summed E-state index contributed by atoms with van der Waals surface area (Å²) in [5.41, 5.74) is 0.726. The number of rotatable bonds is 3. The van der Waals surface area contributed by atoms with Gasteiger partial charge in [-0.2, -0.15) is 0 Å². The van der Waals surface area contributed by atoms with E-state index in [9.17, 15) is 4.79 Å². The van der Waals surface area contributed by atoms with Crippen LogP contribution in [-0.2, 0) is 4.79 Å². The average molecular weight is 124 g/mol. The summed E-state index contributed by atoms with van der Waals surface area (Å²) >= 11 is 0. The number of amides is 1. The molecule has 2 aliphatic carbocycles. The van der Waals surface area contributed by atoms with E-state index in [2.05, 4.69) is 5.32 Å². The monoisotopic (exact) mass is 124 g/mol. The van der Waals surface area contributed by atoms with Gasteiger partial charge in [-0.3, -0.25) is 4.79 Å². The second-order valence-corrected chi connectivity index (χ2v) is 3.25. The van der Waals surface area contributed by atoms with Crippen molar-refractivity contribution < 1.29 is 4.79 Å². The second kappa shape index (κ2) is 1.49. The van der Waals surface area contributed by atoms with Gasteiger partial charge < -0.3 is 5.32 Å². The van der Waals surface area contributed by atoms with Gasteiger partial charge in [-0.05, 0) is 30.6 Å². The van der Waals surface area contributed by atoms with Crippen molar-refractivity contribution in [3.8, 4) is 0 Å². The van der Waals surface area contributed by atoms with Crippen molar-refractivity contribution in [2.75, 3.05) is 6.54 Å². The molecule has 49 valence electrons. The van der Waals surface area contributed by atoms with Crippen molar-refractivity contribution >= 4 is 6.41 Å². The van der Waals surface area contributed by atoms with E-state index in [1.54, 1.807) is 6.41 Å². The zero-order valence-corrected chi connectivity index (χ0v) is 5.31. The Hall–Kier alpha value is -0.530.